The summed E-state index contributed by atoms with van der Waals surface area (Å²) in [5.74, 6) is -2.69. The molecule has 4 rings (SSSR count). The molecule has 3 aromatic rings. The molecule has 1 aliphatic rings. The van der Waals surface area contributed by atoms with E-state index in [0.29, 0.717) is 12.2 Å². The number of fused-ring (bicyclic) bond motifs is 1. The van der Waals surface area contributed by atoms with Gasteiger partial charge in [0.05, 0.1) is 18.3 Å². The van der Waals surface area contributed by atoms with Crippen molar-refractivity contribution in [1.82, 2.24) is 9.78 Å². The van der Waals surface area contributed by atoms with Gasteiger partial charge in [-0.05, 0) is 23.8 Å². The Morgan fingerprint density at radius 2 is 1.79 bits per heavy atom. The van der Waals surface area contributed by atoms with Gasteiger partial charge in [0, 0.05) is 31.1 Å². The second-order valence-corrected chi connectivity index (χ2v) is 6.94. The first-order valence-electron chi connectivity index (χ1n) is 8.84. The summed E-state index contributed by atoms with van der Waals surface area (Å²) in [6, 6.07) is 15.8. The van der Waals surface area contributed by atoms with E-state index >= 15 is 0 Å². The Hall–Kier alpha value is -3.61. The highest BCUT2D eigenvalue weighted by atomic mass is 16.7. The molecule has 0 aliphatic carbocycles. The number of ether oxygens (including phenoxy) is 2. The summed E-state index contributed by atoms with van der Waals surface area (Å²) in [7, 11) is 0. The van der Waals surface area contributed by atoms with Crippen LogP contribution in [0.1, 0.15) is 19.4 Å². The van der Waals surface area contributed by atoms with E-state index in [1.807, 2.05) is 41.1 Å². The number of cyclic esters (lactones) is 2. The number of esters is 2. The number of aromatic nitrogens is 2. The fourth-order valence-electron chi connectivity index (χ4n) is 2.99. The number of anilines is 1. The third-order valence-corrected chi connectivity index (χ3v) is 4.32. The summed E-state index contributed by atoms with van der Waals surface area (Å²) in [6.45, 7) is 3.69. The van der Waals surface area contributed by atoms with Gasteiger partial charge in [0.15, 0.2) is 5.57 Å². The summed E-state index contributed by atoms with van der Waals surface area (Å²) >= 11 is 0. The molecule has 0 saturated carbocycles. The van der Waals surface area contributed by atoms with Gasteiger partial charge in [-0.15, -0.1) is 0 Å². The lowest BCUT2D eigenvalue weighted by Gasteiger charge is -2.29. The molecule has 0 atom stereocenters. The minimum atomic E-state index is -1.25. The van der Waals surface area contributed by atoms with Crippen LogP contribution in [-0.4, -0.2) is 27.5 Å². The van der Waals surface area contributed by atoms with Crippen LogP contribution in [0.25, 0.3) is 10.9 Å². The zero-order valence-electron chi connectivity index (χ0n) is 15.5. The van der Waals surface area contributed by atoms with Crippen LogP contribution >= 0.6 is 0 Å². The summed E-state index contributed by atoms with van der Waals surface area (Å²) in [5.41, 5.74) is 2.68. The Kier molecular flexibility index (Phi) is 4.35. The van der Waals surface area contributed by atoms with Crippen molar-refractivity contribution in [3.8, 4) is 0 Å². The minimum absolute atomic E-state index is 0.181. The van der Waals surface area contributed by atoms with Gasteiger partial charge in [0.2, 0.25) is 0 Å². The molecular weight excluding hydrogens is 358 g/mol. The summed E-state index contributed by atoms with van der Waals surface area (Å²) in [5, 5.41) is 8.34. The van der Waals surface area contributed by atoms with Gasteiger partial charge in [-0.1, -0.05) is 30.3 Å². The lowest BCUT2D eigenvalue weighted by Crippen LogP contribution is -2.42. The summed E-state index contributed by atoms with van der Waals surface area (Å²) in [4.78, 5) is 24.0. The van der Waals surface area contributed by atoms with Crippen LogP contribution in [0.3, 0.4) is 0 Å². The third-order valence-electron chi connectivity index (χ3n) is 4.32. The topological polar surface area (TPSA) is 82.5 Å². The molecule has 0 spiro atoms. The summed E-state index contributed by atoms with van der Waals surface area (Å²) < 4.78 is 12.1. The van der Waals surface area contributed by atoms with Gasteiger partial charge in [-0.2, -0.15) is 5.10 Å². The highest BCUT2D eigenvalue weighted by Crippen LogP contribution is 2.24. The first-order valence-corrected chi connectivity index (χ1v) is 8.84. The predicted molar refractivity (Wildman–Crippen MR) is 103 cm³/mol. The average molecular weight is 377 g/mol. The highest BCUT2D eigenvalue weighted by Gasteiger charge is 2.38. The van der Waals surface area contributed by atoms with Crippen LogP contribution < -0.4 is 5.32 Å². The number of carbonyl (C=O) groups is 2. The van der Waals surface area contributed by atoms with Crippen LogP contribution in [0.2, 0.25) is 0 Å². The van der Waals surface area contributed by atoms with Gasteiger partial charge >= 0.3 is 11.9 Å². The number of nitrogens with one attached hydrogen (secondary N) is 1. The zero-order chi connectivity index (χ0) is 19.7. The quantitative estimate of drug-likeness (QED) is 0.427. The van der Waals surface area contributed by atoms with E-state index in [1.54, 1.807) is 6.20 Å². The Morgan fingerprint density at radius 1 is 1.07 bits per heavy atom. The van der Waals surface area contributed by atoms with Crippen molar-refractivity contribution < 1.29 is 19.1 Å². The molecular formula is C21H19N3O4. The molecule has 28 heavy (non-hydrogen) atoms. The SMILES string of the molecule is CC1(C)OC(=O)C(=CNc2ccc3c(cnn3Cc3ccccc3)c2)C(=O)O1. The monoisotopic (exact) mass is 377 g/mol. The van der Waals surface area contributed by atoms with Gasteiger partial charge in [0.1, 0.15) is 0 Å². The molecule has 2 aromatic carbocycles. The number of nitrogens with zero attached hydrogens (tertiary/aromatic N) is 2. The molecule has 0 amide bonds. The third kappa shape index (κ3) is 3.59. The molecule has 1 fully saturated rings. The van der Waals surface area contributed by atoms with Crippen molar-refractivity contribution in [2.24, 2.45) is 0 Å². The van der Waals surface area contributed by atoms with E-state index in [-0.39, 0.29) is 5.57 Å². The van der Waals surface area contributed by atoms with Crippen LogP contribution in [0, 0.1) is 0 Å². The fraction of sp³-hybridized carbons (Fsp3) is 0.190. The number of hydrogen-bond acceptors (Lipinski definition) is 6. The second-order valence-electron chi connectivity index (χ2n) is 6.94. The molecule has 142 valence electrons. The van der Waals surface area contributed by atoms with Crippen LogP contribution in [0.4, 0.5) is 5.69 Å². The fourth-order valence-corrected chi connectivity index (χ4v) is 2.99. The molecule has 1 aliphatic heterocycles. The van der Waals surface area contributed by atoms with Crippen LogP contribution in [-0.2, 0) is 25.6 Å². The maximum absolute atomic E-state index is 12.0. The number of carbonyl (C=O) groups excluding carboxylic acids is 2. The van der Waals surface area contributed by atoms with E-state index in [1.165, 1.54) is 20.0 Å². The van der Waals surface area contributed by atoms with E-state index in [9.17, 15) is 9.59 Å². The molecule has 7 heteroatoms. The van der Waals surface area contributed by atoms with Gasteiger partial charge in [-0.25, -0.2) is 9.59 Å². The molecule has 2 heterocycles. The molecule has 7 nitrogen and oxygen atoms in total. The van der Waals surface area contributed by atoms with E-state index < -0.39 is 17.7 Å². The lowest BCUT2D eigenvalue weighted by atomic mass is 10.2. The maximum atomic E-state index is 12.0. The van der Waals surface area contributed by atoms with Crippen LogP contribution in [0.5, 0.6) is 0 Å². The standard InChI is InChI=1S/C21H19N3O4/c1-21(2)27-19(25)17(20(26)28-21)12-22-16-8-9-18-15(10-16)11-23-24(18)13-14-6-4-3-5-7-14/h3-12,22H,13H2,1-2H3. The van der Waals surface area contributed by atoms with Gasteiger partial charge < -0.3 is 14.8 Å². The van der Waals surface area contributed by atoms with Crippen molar-refractivity contribution in [3.63, 3.8) is 0 Å². The van der Waals surface area contributed by atoms with E-state index in [4.69, 9.17) is 9.47 Å². The van der Waals surface area contributed by atoms with Crippen molar-refractivity contribution in [3.05, 3.63) is 72.1 Å². The Labute approximate surface area is 161 Å². The highest BCUT2D eigenvalue weighted by molar-refractivity contribution is 6.15. The van der Waals surface area contributed by atoms with Gasteiger partial charge in [0.25, 0.3) is 5.79 Å². The molecule has 1 aromatic heterocycles. The molecule has 0 radical (unpaired) electrons. The zero-order valence-corrected chi connectivity index (χ0v) is 15.5. The lowest BCUT2D eigenvalue weighted by molar-refractivity contribution is -0.222. The molecule has 0 unspecified atom stereocenters. The minimum Gasteiger partial charge on any atom is -0.419 e. The second kappa shape index (κ2) is 6.84. The van der Waals surface area contributed by atoms with Gasteiger partial charge in [-0.3, -0.25) is 4.68 Å². The van der Waals surface area contributed by atoms with E-state index in [0.717, 1.165) is 16.5 Å². The Balaban J connectivity index is 1.53. The van der Waals surface area contributed by atoms with Crippen molar-refractivity contribution in [2.75, 3.05) is 5.32 Å². The maximum Gasteiger partial charge on any atom is 0.350 e. The average Bonchev–Trinajstić information content (AvgIpc) is 3.03. The largest absolute Gasteiger partial charge is 0.419 e. The van der Waals surface area contributed by atoms with Crippen molar-refractivity contribution in [1.29, 1.82) is 0 Å². The molecule has 0 bridgehead atoms. The predicted octanol–water partition coefficient (Wildman–Crippen LogP) is 3.22. The first kappa shape index (κ1) is 17.8. The van der Waals surface area contributed by atoms with E-state index in [2.05, 4.69) is 22.5 Å². The number of rotatable bonds is 4. The van der Waals surface area contributed by atoms with Crippen molar-refractivity contribution in [2.45, 2.75) is 26.2 Å². The smallest absolute Gasteiger partial charge is 0.350 e. The van der Waals surface area contributed by atoms with Crippen molar-refractivity contribution >= 4 is 28.5 Å². The first-order chi connectivity index (χ1) is 13.4. The molecule has 1 saturated heterocycles. The van der Waals surface area contributed by atoms with Crippen LogP contribution in [0.15, 0.2) is 66.5 Å². The number of hydrogen-bond donors (Lipinski definition) is 1. The summed E-state index contributed by atoms with van der Waals surface area (Å²) in [6.07, 6.45) is 3.08. The Bertz CT molecular complexity index is 1060. The molecule has 1 N–H and O–H groups in total. The number of benzene rings is 2. The Morgan fingerprint density at radius 3 is 2.50 bits per heavy atom. The normalized spacial score (nSPS) is 15.9.